The summed E-state index contributed by atoms with van der Waals surface area (Å²) in [4.78, 5) is 26.4. The van der Waals surface area contributed by atoms with Gasteiger partial charge in [0, 0.05) is 47.1 Å². The minimum absolute atomic E-state index is 0.0588. The molecule has 1 aromatic rings. The van der Waals surface area contributed by atoms with Crippen LogP contribution in [0.1, 0.15) is 59.4 Å². The predicted octanol–water partition coefficient (Wildman–Crippen LogP) is 5.76. The first-order valence-corrected chi connectivity index (χ1v) is 14.1. The minimum atomic E-state index is -0.398. The van der Waals surface area contributed by atoms with Crippen molar-refractivity contribution in [3.63, 3.8) is 0 Å². The summed E-state index contributed by atoms with van der Waals surface area (Å²) in [5, 5.41) is 0. The molecule has 0 radical (unpaired) electrons. The molecule has 4 atom stereocenters. The zero-order valence-corrected chi connectivity index (χ0v) is 25.8. The number of amides is 1. The molecule has 0 heterocycles. The molecule has 1 aromatic carbocycles. The molecule has 0 aliphatic heterocycles. The number of carbonyl (C=O) groups is 2. The number of ether oxygens (including phenoxy) is 4. The van der Waals surface area contributed by atoms with E-state index >= 15 is 0 Å². The zero-order valence-electron chi connectivity index (χ0n) is 24.2. The van der Waals surface area contributed by atoms with Crippen molar-refractivity contribution in [2.24, 2.45) is 23.7 Å². The van der Waals surface area contributed by atoms with Crippen molar-refractivity contribution >= 4 is 27.8 Å². The third-order valence-corrected chi connectivity index (χ3v) is 7.68. The number of carbonyl (C=O) groups excluding carboxylic acids is 2. The van der Waals surface area contributed by atoms with Gasteiger partial charge >= 0.3 is 5.97 Å². The average molecular weight is 587 g/mol. The fourth-order valence-electron chi connectivity index (χ4n) is 4.40. The fraction of sp³-hybridized carbons (Fsp3) is 0.724. The largest absolute Gasteiger partial charge is 0.493 e. The molecule has 212 valence electrons. The second kappa shape index (κ2) is 16.9. The molecule has 0 fully saturated rings. The Balaban J connectivity index is 3.06. The van der Waals surface area contributed by atoms with Gasteiger partial charge in [-0.1, -0.05) is 49.7 Å². The molecule has 0 saturated heterocycles. The third-order valence-electron chi connectivity index (χ3n) is 6.72. The number of rotatable bonds is 17. The lowest BCUT2D eigenvalue weighted by Gasteiger charge is -2.32. The molecule has 0 spiro atoms. The quantitative estimate of drug-likeness (QED) is 0.131. The molecule has 1 amide bonds. The Kier molecular flexibility index (Phi) is 15.2. The fourth-order valence-corrected chi connectivity index (χ4v) is 5.21. The Bertz CT molecular complexity index is 829. The van der Waals surface area contributed by atoms with Crippen LogP contribution >= 0.6 is 15.9 Å². The van der Waals surface area contributed by atoms with Crippen molar-refractivity contribution < 1.29 is 28.5 Å². The van der Waals surface area contributed by atoms with Crippen molar-refractivity contribution in [3.05, 3.63) is 23.8 Å². The van der Waals surface area contributed by atoms with Gasteiger partial charge in [0.05, 0.1) is 18.5 Å². The number of methoxy groups -OCH3 is 2. The van der Waals surface area contributed by atoms with Crippen molar-refractivity contribution in [1.82, 2.24) is 4.90 Å². The van der Waals surface area contributed by atoms with E-state index in [2.05, 4.69) is 41.9 Å². The monoisotopic (exact) mass is 585 g/mol. The lowest BCUT2D eigenvalue weighted by molar-refractivity contribution is -0.149. The van der Waals surface area contributed by atoms with Crippen LogP contribution in [0.3, 0.4) is 0 Å². The molecule has 0 N–H and O–H groups in total. The normalized spacial score (nSPS) is 14.7. The zero-order chi connectivity index (χ0) is 28.1. The van der Waals surface area contributed by atoms with E-state index in [-0.39, 0.29) is 28.5 Å². The topological polar surface area (TPSA) is 74.3 Å². The van der Waals surface area contributed by atoms with Gasteiger partial charge in [-0.25, -0.2) is 0 Å². The van der Waals surface area contributed by atoms with E-state index in [1.165, 1.54) is 6.92 Å². The summed E-state index contributed by atoms with van der Waals surface area (Å²) >= 11 is 3.85. The SMILES string of the molecule is COCCCOc1cc(C[C@@H](C[C@@H](Br)[C@@H](C[C@H](C(=O)N(C)C)C(C)C)OC(C)=O)C(C)C)ccc1OC. The Morgan fingerprint density at radius 2 is 1.65 bits per heavy atom. The van der Waals surface area contributed by atoms with Crippen LogP contribution in [0, 0.1) is 23.7 Å². The second-order valence-corrected chi connectivity index (χ2v) is 11.8. The van der Waals surface area contributed by atoms with Crippen molar-refractivity contribution in [1.29, 1.82) is 0 Å². The van der Waals surface area contributed by atoms with E-state index in [1.807, 2.05) is 19.9 Å². The number of hydrogen-bond acceptors (Lipinski definition) is 6. The molecule has 0 aliphatic carbocycles. The molecule has 0 aliphatic rings. The summed E-state index contributed by atoms with van der Waals surface area (Å²) in [7, 11) is 6.86. The number of nitrogens with zero attached hydrogens (tertiary/aromatic N) is 1. The summed E-state index contributed by atoms with van der Waals surface area (Å²) in [5.41, 5.74) is 1.16. The lowest BCUT2D eigenvalue weighted by Crippen LogP contribution is -2.39. The summed E-state index contributed by atoms with van der Waals surface area (Å²) in [6.07, 6.45) is 2.53. The van der Waals surface area contributed by atoms with Gasteiger partial charge in [0.1, 0.15) is 6.10 Å². The van der Waals surface area contributed by atoms with E-state index in [4.69, 9.17) is 18.9 Å². The van der Waals surface area contributed by atoms with E-state index in [0.29, 0.717) is 37.2 Å². The standard InChI is InChI=1S/C29H48BrNO6/c1-19(2)23(15-22-11-12-26(35-9)28(16-22)36-14-10-13-34-8)17-25(30)27(37-21(5)32)18-24(20(3)4)29(33)31(6)7/h11-12,16,19-20,23-25,27H,10,13-15,17-18H2,1-9H3/t23-,24-,25+,27+/m0/s1. The molecule has 0 aromatic heterocycles. The second-order valence-electron chi connectivity index (χ2n) is 10.6. The van der Waals surface area contributed by atoms with Crippen molar-refractivity contribution in [2.75, 3.05) is 41.5 Å². The number of esters is 1. The molecule has 37 heavy (non-hydrogen) atoms. The van der Waals surface area contributed by atoms with E-state index in [0.717, 1.165) is 30.6 Å². The summed E-state index contributed by atoms with van der Waals surface area (Å²) < 4.78 is 22.3. The molecule has 1 rings (SSSR count). The van der Waals surface area contributed by atoms with Crippen LogP contribution < -0.4 is 9.47 Å². The molecular weight excluding hydrogens is 538 g/mol. The van der Waals surface area contributed by atoms with Crippen LogP contribution in [0.5, 0.6) is 11.5 Å². The highest BCUT2D eigenvalue weighted by Crippen LogP contribution is 2.34. The number of halogens is 1. The van der Waals surface area contributed by atoms with E-state index < -0.39 is 6.10 Å². The smallest absolute Gasteiger partial charge is 0.302 e. The van der Waals surface area contributed by atoms with Crippen molar-refractivity contribution in [3.8, 4) is 11.5 Å². The van der Waals surface area contributed by atoms with Crippen LogP contribution in [0.15, 0.2) is 18.2 Å². The Morgan fingerprint density at radius 3 is 2.16 bits per heavy atom. The third kappa shape index (κ3) is 11.6. The van der Waals surface area contributed by atoms with E-state index in [1.54, 1.807) is 33.2 Å². The van der Waals surface area contributed by atoms with Gasteiger partial charge in [-0.15, -0.1) is 0 Å². The highest BCUT2D eigenvalue weighted by atomic mass is 79.9. The molecule has 0 unspecified atom stereocenters. The number of hydrogen-bond donors (Lipinski definition) is 0. The molecular formula is C29H48BrNO6. The lowest BCUT2D eigenvalue weighted by atomic mass is 9.82. The molecule has 0 saturated carbocycles. The summed E-state index contributed by atoms with van der Waals surface area (Å²) in [5.74, 6) is 1.79. The van der Waals surface area contributed by atoms with Gasteiger partial charge in [-0.2, -0.15) is 0 Å². The highest BCUT2D eigenvalue weighted by molar-refractivity contribution is 9.09. The Hall–Kier alpha value is -1.80. The summed E-state index contributed by atoms with van der Waals surface area (Å²) in [6, 6.07) is 6.08. The van der Waals surface area contributed by atoms with Gasteiger partial charge in [0.15, 0.2) is 11.5 Å². The Morgan fingerprint density at radius 1 is 0.973 bits per heavy atom. The van der Waals surface area contributed by atoms with Crippen LogP contribution in [-0.2, 0) is 25.5 Å². The minimum Gasteiger partial charge on any atom is -0.493 e. The first kappa shape index (κ1) is 33.2. The molecule has 7 nitrogen and oxygen atoms in total. The number of benzene rings is 1. The van der Waals surface area contributed by atoms with Gasteiger partial charge in [0.25, 0.3) is 0 Å². The first-order chi connectivity index (χ1) is 17.4. The first-order valence-electron chi connectivity index (χ1n) is 13.2. The van der Waals surface area contributed by atoms with Crippen LogP contribution in [0.25, 0.3) is 0 Å². The van der Waals surface area contributed by atoms with Crippen LogP contribution in [0.2, 0.25) is 0 Å². The van der Waals surface area contributed by atoms with Gasteiger partial charge in [-0.05, 0) is 54.7 Å². The average Bonchev–Trinajstić information content (AvgIpc) is 2.83. The van der Waals surface area contributed by atoms with Gasteiger partial charge in [0.2, 0.25) is 5.91 Å². The maximum Gasteiger partial charge on any atom is 0.302 e. The van der Waals surface area contributed by atoms with Gasteiger partial charge in [-0.3, -0.25) is 9.59 Å². The highest BCUT2D eigenvalue weighted by Gasteiger charge is 2.33. The maximum absolute atomic E-state index is 12.8. The Labute approximate surface area is 232 Å². The molecule has 8 heteroatoms. The van der Waals surface area contributed by atoms with Crippen LogP contribution in [-0.4, -0.2) is 69.2 Å². The number of alkyl halides is 1. The van der Waals surface area contributed by atoms with Crippen LogP contribution in [0.4, 0.5) is 0 Å². The van der Waals surface area contributed by atoms with E-state index in [9.17, 15) is 9.59 Å². The van der Waals surface area contributed by atoms with Gasteiger partial charge < -0.3 is 23.8 Å². The maximum atomic E-state index is 12.8. The summed E-state index contributed by atoms with van der Waals surface area (Å²) in [6.45, 7) is 11.1. The molecule has 0 bridgehead atoms. The van der Waals surface area contributed by atoms with Crippen molar-refractivity contribution in [2.45, 2.75) is 71.2 Å². The predicted molar refractivity (Wildman–Crippen MR) is 152 cm³/mol.